The third-order valence-corrected chi connectivity index (χ3v) is 5.24. The van der Waals surface area contributed by atoms with Gasteiger partial charge in [-0.05, 0) is 49.6 Å². The molecule has 1 aliphatic carbocycles. The molecule has 0 spiro atoms. The van der Waals surface area contributed by atoms with Crippen molar-refractivity contribution < 1.29 is 19.1 Å². The summed E-state index contributed by atoms with van der Waals surface area (Å²) in [5, 5.41) is 0. The van der Waals surface area contributed by atoms with E-state index >= 15 is 0 Å². The summed E-state index contributed by atoms with van der Waals surface area (Å²) in [6, 6.07) is 12.9. The quantitative estimate of drug-likeness (QED) is 0.682. The van der Waals surface area contributed by atoms with Gasteiger partial charge in [0.05, 0.1) is 25.5 Å². The summed E-state index contributed by atoms with van der Waals surface area (Å²) in [6.45, 7) is 2.92. The standard InChI is InChI=1S/C23H28N2O4/c1-5-25(15-16-10-13-20(28-3)21(14-16)29-4)23(27)18-8-6-7-9-19(18)24(2)22(26)17-11-12-17/h6-10,13-14,17H,5,11-12,15H2,1-4H3. The molecule has 0 saturated heterocycles. The van der Waals surface area contributed by atoms with Gasteiger partial charge in [-0.25, -0.2) is 0 Å². The summed E-state index contributed by atoms with van der Waals surface area (Å²) in [5.74, 6) is 1.35. The van der Waals surface area contributed by atoms with Crippen molar-refractivity contribution in [1.29, 1.82) is 0 Å². The summed E-state index contributed by atoms with van der Waals surface area (Å²) in [5.41, 5.74) is 2.13. The van der Waals surface area contributed by atoms with Gasteiger partial charge >= 0.3 is 0 Å². The number of carbonyl (C=O) groups is 2. The second-order valence-electron chi connectivity index (χ2n) is 7.20. The summed E-state index contributed by atoms with van der Waals surface area (Å²) >= 11 is 0. The maximum Gasteiger partial charge on any atom is 0.256 e. The van der Waals surface area contributed by atoms with Crippen LogP contribution in [0.15, 0.2) is 42.5 Å². The lowest BCUT2D eigenvalue weighted by Crippen LogP contribution is -2.34. The molecule has 0 aromatic heterocycles. The second kappa shape index (κ2) is 8.99. The number of hydrogen-bond donors (Lipinski definition) is 0. The van der Waals surface area contributed by atoms with Gasteiger partial charge in [-0.3, -0.25) is 9.59 Å². The van der Waals surface area contributed by atoms with E-state index < -0.39 is 0 Å². The van der Waals surface area contributed by atoms with E-state index in [1.165, 1.54) is 0 Å². The van der Waals surface area contributed by atoms with Gasteiger partial charge in [0.15, 0.2) is 11.5 Å². The predicted octanol–water partition coefficient (Wildman–Crippen LogP) is 3.74. The number of anilines is 1. The number of carbonyl (C=O) groups excluding carboxylic acids is 2. The molecule has 0 radical (unpaired) electrons. The van der Waals surface area contributed by atoms with Crippen molar-refractivity contribution in [1.82, 2.24) is 4.90 Å². The highest BCUT2D eigenvalue weighted by molar-refractivity contribution is 6.05. The average molecular weight is 396 g/mol. The van der Waals surface area contributed by atoms with Crippen LogP contribution >= 0.6 is 0 Å². The van der Waals surface area contributed by atoms with Crippen LogP contribution in [0.2, 0.25) is 0 Å². The molecule has 0 N–H and O–H groups in total. The Balaban J connectivity index is 1.84. The van der Waals surface area contributed by atoms with E-state index in [0.717, 1.165) is 18.4 Å². The van der Waals surface area contributed by atoms with Crippen LogP contribution in [0, 0.1) is 5.92 Å². The average Bonchev–Trinajstić information content (AvgIpc) is 3.61. The summed E-state index contributed by atoms with van der Waals surface area (Å²) < 4.78 is 10.7. The molecular weight excluding hydrogens is 368 g/mol. The smallest absolute Gasteiger partial charge is 0.256 e. The zero-order valence-electron chi connectivity index (χ0n) is 17.5. The van der Waals surface area contributed by atoms with Crippen molar-refractivity contribution in [2.45, 2.75) is 26.3 Å². The van der Waals surface area contributed by atoms with Gasteiger partial charge in [0, 0.05) is 26.1 Å². The predicted molar refractivity (Wildman–Crippen MR) is 113 cm³/mol. The van der Waals surface area contributed by atoms with Crippen molar-refractivity contribution in [2.75, 3.05) is 32.7 Å². The molecular formula is C23H28N2O4. The molecule has 154 valence electrons. The molecule has 29 heavy (non-hydrogen) atoms. The minimum Gasteiger partial charge on any atom is -0.493 e. The van der Waals surface area contributed by atoms with Gasteiger partial charge < -0.3 is 19.3 Å². The molecule has 1 fully saturated rings. The molecule has 0 heterocycles. The Hall–Kier alpha value is -3.02. The number of nitrogens with zero attached hydrogens (tertiary/aromatic N) is 2. The van der Waals surface area contributed by atoms with Crippen molar-refractivity contribution in [3.8, 4) is 11.5 Å². The number of ether oxygens (including phenoxy) is 2. The Kier molecular flexibility index (Phi) is 6.42. The number of methoxy groups -OCH3 is 2. The largest absolute Gasteiger partial charge is 0.493 e. The molecule has 2 aromatic carbocycles. The molecule has 0 aliphatic heterocycles. The van der Waals surface area contributed by atoms with Crippen molar-refractivity contribution in [3.63, 3.8) is 0 Å². The van der Waals surface area contributed by atoms with Crippen LogP contribution in [0.25, 0.3) is 0 Å². The molecule has 0 bridgehead atoms. The van der Waals surface area contributed by atoms with Crippen LogP contribution in [0.1, 0.15) is 35.7 Å². The van der Waals surface area contributed by atoms with E-state index in [2.05, 4.69) is 0 Å². The third kappa shape index (κ3) is 4.53. The topological polar surface area (TPSA) is 59.1 Å². The van der Waals surface area contributed by atoms with Crippen LogP contribution in [-0.4, -0.2) is 44.5 Å². The fraction of sp³-hybridized carbons (Fsp3) is 0.391. The Bertz CT molecular complexity index is 892. The first-order chi connectivity index (χ1) is 14.0. The minimum absolute atomic E-state index is 0.0770. The third-order valence-electron chi connectivity index (χ3n) is 5.24. The summed E-state index contributed by atoms with van der Waals surface area (Å²) in [6.07, 6.45) is 1.86. The first-order valence-electron chi connectivity index (χ1n) is 9.86. The van der Waals surface area contributed by atoms with E-state index in [1.807, 2.05) is 43.3 Å². The molecule has 2 amide bonds. The van der Waals surface area contributed by atoms with Crippen molar-refractivity contribution in [2.24, 2.45) is 5.92 Å². The molecule has 3 rings (SSSR count). The van der Waals surface area contributed by atoms with E-state index in [9.17, 15) is 9.59 Å². The van der Waals surface area contributed by atoms with E-state index in [1.54, 1.807) is 37.1 Å². The van der Waals surface area contributed by atoms with Crippen LogP contribution in [0.3, 0.4) is 0 Å². The normalized spacial score (nSPS) is 13.0. The van der Waals surface area contributed by atoms with Crippen LogP contribution in [0.5, 0.6) is 11.5 Å². The van der Waals surface area contributed by atoms with Gasteiger partial charge in [-0.1, -0.05) is 18.2 Å². The highest BCUT2D eigenvalue weighted by Crippen LogP contribution is 2.33. The minimum atomic E-state index is -0.103. The first-order valence-corrected chi connectivity index (χ1v) is 9.86. The Morgan fingerprint density at radius 1 is 1.03 bits per heavy atom. The fourth-order valence-electron chi connectivity index (χ4n) is 3.37. The van der Waals surface area contributed by atoms with Crippen molar-refractivity contribution in [3.05, 3.63) is 53.6 Å². The number of amides is 2. The first kappa shape index (κ1) is 20.7. The molecule has 2 aromatic rings. The molecule has 6 nitrogen and oxygen atoms in total. The van der Waals surface area contributed by atoms with E-state index in [-0.39, 0.29) is 17.7 Å². The summed E-state index contributed by atoms with van der Waals surface area (Å²) in [7, 11) is 4.93. The monoisotopic (exact) mass is 396 g/mol. The second-order valence-corrected chi connectivity index (χ2v) is 7.20. The SMILES string of the molecule is CCN(Cc1ccc(OC)c(OC)c1)C(=O)c1ccccc1N(C)C(=O)C1CC1. The van der Waals surface area contributed by atoms with E-state index in [4.69, 9.17) is 9.47 Å². The maximum absolute atomic E-state index is 13.3. The number of rotatable bonds is 8. The number of para-hydroxylation sites is 1. The lowest BCUT2D eigenvalue weighted by Gasteiger charge is -2.25. The molecule has 1 saturated carbocycles. The lowest BCUT2D eigenvalue weighted by atomic mass is 10.1. The molecule has 0 atom stereocenters. The van der Waals surface area contributed by atoms with Crippen molar-refractivity contribution >= 4 is 17.5 Å². The maximum atomic E-state index is 13.3. The highest BCUT2D eigenvalue weighted by Gasteiger charge is 2.33. The van der Waals surface area contributed by atoms with Crippen LogP contribution in [0.4, 0.5) is 5.69 Å². The summed E-state index contributed by atoms with van der Waals surface area (Å²) in [4.78, 5) is 29.2. The highest BCUT2D eigenvalue weighted by atomic mass is 16.5. The van der Waals surface area contributed by atoms with Gasteiger partial charge in [-0.2, -0.15) is 0 Å². The Morgan fingerprint density at radius 3 is 2.34 bits per heavy atom. The van der Waals surface area contributed by atoms with Gasteiger partial charge in [0.2, 0.25) is 5.91 Å². The fourth-order valence-corrected chi connectivity index (χ4v) is 3.37. The Labute approximate surface area is 172 Å². The number of benzene rings is 2. The van der Waals surface area contributed by atoms with Gasteiger partial charge in [0.25, 0.3) is 5.91 Å². The van der Waals surface area contributed by atoms with Crippen LogP contribution in [-0.2, 0) is 11.3 Å². The van der Waals surface area contributed by atoms with Gasteiger partial charge in [0.1, 0.15) is 0 Å². The zero-order valence-corrected chi connectivity index (χ0v) is 17.5. The lowest BCUT2D eigenvalue weighted by molar-refractivity contribution is -0.119. The number of hydrogen-bond acceptors (Lipinski definition) is 4. The molecule has 6 heteroatoms. The molecule has 0 unspecified atom stereocenters. The zero-order chi connectivity index (χ0) is 21.0. The van der Waals surface area contributed by atoms with E-state index in [0.29, 0.717) is 35.8 Å². The van der Waals surface area contributed by atoms with Crippen LogP contribution < -0.4 is 14.4 Å². The van der Waals surface area contributed by atoms with Gasteiger partial charge in [-0.15, -0.1) is 0 Å². The molecule has 1 aliphatic rings. The Morgan fingerprint density at radius 2 is 1.72 bits per heavy atom.